The monoisotopic (exact) mass is 464 g/mol. The van der Waals surface area contributed by atoms with Gasteiger partial charge in [0.2, 0.25) is 0 Å². The molecule has 2 saturated heterocycles. The molecule has 1 saturated carbocycles. The van der Waals surface area contributed by atoms with Crippen LogP contribution in [0, 0.1) is 11.7 Å². The fourth-order valence-corrected chi connectivity index (χ4v) is 6.73. The van der Waals surface area contributed by atoms with E-state index in [2.05, 4.69) is 29.2 Å². The molecule has 1 aliphatic carbocycles. The molecule has 0 spiro atoms. The van der Waals surface area contributed by atoms with Crippen molar-refractivity contribution in [3.8, 4) is 10.4 Å². The van der Waals surface area contributed by atoms with E-state index in [0.717, 1.165) is 10.4 Å². The average Bonchev–Trinajstić information content (AvgIpc) is 3.49. The fourth-order valence-electron chi connectivity index (χ4n) is 5.66. The van der Waals surface area contributed by atoms with Crippen LogP contribution in [0.5, 0.6) is 0 Å². The first-order chi connectivity index (χ1) is 16.0. The van der Waals surface area contributed by atoms with E-state index in [9.17, 15) is 4.79 Å². The third-order valence-electron chi connectivity index (χ3n) is 7.75. The van der Waals surface area contributed by atoms with E-state index in [4.69, 9.17) is 5.11 Å². The van der Waals surface area contributed by atoms with Crippen LogP contribution in [0.3, 0.4) is 0 Å². The first-order valence-corrected chi connectivity index (χ1v) is 12.9. The smallest absolute Gasteiger partial charge is 0.309 e. The zero-order valence-electron chi connectivity index (χ0n) is 18.7. The number of nitrogens with zero attached hydrogens (tertiary/aromatic N) is 2. The summed E-state index contributed by atoms with van der Waals surface area (Å²) >= 11 is 1.65. The summed E-state index contributed by atoms with van der Waals surface area (Å²) in [5.41, 5.74) is 3.19. The molecule has 6 heteroatoms. The molecule has 0 radical (unpaired) electrons. The van der Waals surface area contributed by atoms with Crippen molar-refractivity contribution >= 4 is 27.4 Å². The van der Waals surface area contributed by atoms with Gasteiger partial charge in [-0.2, -0.15) is 0 Å². The molecule has 2 aliphatic heterocycles. The Labute approximate surface area is 197 Å². The van der Waals surface area contributed by atoms with Crippen LogP contribution in [0.1, 0.15) is 43.2 Å². The molecular weight excluding hydrogens is 435 g/mol. The Kier molecular flexibility index (Phi) is 5.28. The van der Waals surface area contributed by atoms with Gasteiger partial charge in [0.25, 0.3) is 0 Å². The lowest BCUT2D eigenvalue weighted by molar-refractivity contribution is -0.147. The number of fused-ring (bicyclic) bond motifs is 1. The number of thiophene rings is 1. The second-order valence-corrected chi connectivity index (χ2v) is 11.1. The SMILES string of the molecule is O=C(O)C1CN(Cc2ccc(-c3cc4cc(C5(N6CCCCC6)CC5)ccc4s3)c(F)c2)C1. The molecule has 2 aromatic carbocycles. The molecule has 1 N–H and O–H groups in total. The fraction of sp³-hybridized carbons (Fsp3) is 0.444. The summed E-state index contributed by atoms with van der Waals surface area (Å²) < 4.78 is 16.3. The molecule has 6 rings (SSSR count). The van der Waals surface area contributed by atoms with Gasteiger partial charge in [-0.3, -0.25) is 14.6 Å². The number of hydrogen-bond acceptors (Lipinski definition) is 4. The minimum Gasteiger partial charge on any atom is -0.481 e. The lowest BCUT2D eigenvalue weighted by Gasteiger charge is -2.36. The van der Waals surface area contributed by atoms with Gasteiger partial charge in [0.1, 0.15) is 5.82 Å². The van der Waals surface area contributed by atoms with Crippen LogP contribution in [-0.2, 0) is 16.9 Å². The highest BCUT2D eigenvalue weighted by molar-refractivity contribution is 7.22. The maximum Gasteiger partial charge on any atom is 0.309 e. The van der Waals surface area contributed by atoms with Crippen molar-refractivity contribution in [1.29, 1.82) is 0 Å². The second-order valence-electron chi connectivity index (χ2n) is 9.99. The van der Waals surface area contributed by atoms with Gasteiger partial charge in [-0.1, -0.05) is 24.6 Å². The summed E-state index contributed by atoms with van der Waals surface area (Å²) in [6.07, 6.45) is 6.45. The maximum absolute atomic E-state index is 15.1. The molecule has 0 amide bonds. The van der Waals surface area contributed by atoms with E-state index in [-0.39, 0.29) is 17.3 Å². The Bertz CT molecular complexity index is 1210. The summed E-state index contributed by atoms with van der Waals surface area (Å²) in [6.45, 7) is 4.08. The van der Waals surface area contributed by atoms with Gasteiger partial charge in [-0.15, -0.1) is 11.3 Å². The number of piperidine rings is 1. The van der Waals surface area contributed by atoms with E-state index in [1.54, 1.807) is 17.4 Å². The third-order valence-corrected chi connectivity index (χ3v) is 8.90. The van der Waals surface area contributed by atoms with Crippen molar-refractivity contribution in [3.63, 3.8) is 0 Å². The average molecular weight is 465 g/mol. The van der Waals surface area contributed by atoms with Crippen molar-refractivity contribution < 1.29 is 14.3 Å². The predicted molar refractivity (Wildman–Crippen MR) is 130 cm³/mol. The number of likely N-dealkylation sites (tertiary alicyclic amines) is 2. The zero-order valence-corrected chi connectivity index (χ0v) is 19.5. The van der Waals surface area contributed by atoms with Crippen LogP contribution in [0.4, 0.5) is 4.39 Å². The summed E-state index contributed by atoms with van der Waals surface area (Å²) in [4.78, 5) is 16.7. The molecule has 0 bridgehead atoms. The summed E-state index contributed by atoms with van der Waals surface area (Å²) in [7, 11) is 0. The Morgan fingerprint density at radius 3 is 2.55 bits per heavy atom. The lowest BCUT2D eigenvalue weighted by Crippen LogP contribution is -2.49. The Morgan fingerprint density at radius 1 is 1.06 bits per heavy atom. The quantitative estimate of drug-likeness (QED) is 0.508. The zero-order chi connectivity index (χ0) is 22.6. The Morgan fingerprint density at radius 2 is 1.85 bits per heavy atom. The van der Waals surface area contributed by atoms with Gasteiger partial charge in [-0.25, -0.2) is 4.39 Å². The summed E-state index contributed by atoms with van der Waals surface area (Å²) in [5, 5.41) is 10.2. The van der Waals surface area contributed by atoms with E-state index >= 15 is 4.39 Å². The number of halogens is 1. The Hall–Kier alpha value is -2.28. The predicted octanol–water partition coefficient (Wildman–Crippen LogP) is 5.70. The van der Waals surface area contributed by atoms with Gasteiger partial charge in [-0.05, 0) is 79.6 Å². The maximum atomic E-state index is 15.1. The number of benzene rings is 2. The number of carboxylic acids is 1. The number of aliphatic carboxylic acids is 1. The minimum atomic E-state index is -0.746. The van der Waals surface area contributed by atoms with Crippen molar-refractivity contribution in [2.24, 2.45) is 5.92 Å². The van der Waals surface area contributed by atoms with E-state index in [1.807, 2.05) is 17.0 Å². The highest BCUT2D eigenvalue weighted by Crippen LogP contribution is 2.52. The van der Waals surface area contributed by atoms with Crippen LogP contribution in [0.2, 0.25) is 0 Å². The van der Waals surface area contributed by atoms with Gasteiger partial charge in [0, 0.05) is 40.3 Å². The number of carboxylic acid groups (broad SMARTS) is 1. The van der Waals surface area contributed by atoms with E-state index in [0.29, 0.717) is 25.2 Å². The molecule has 3 fully saturated rings. The molecule has 4 nitrogen and oxygen atoms in total. The normalized spacial score (nSPS) is 21.2. The second kappa shape index (κ2) is 8.19. The van der Waals surface area contributed by atoms with Gasteiger partial charge in [0.15, 0.2) is 0 Å². The molecule has 3 heterocycles. The van der Waals surface area contributed by atoms with Crippen LogP contribution in [-0.4, -0.2) is 47.1 Å². The highest BCUT2D eigenvalue weighted by atomic mass is 32.1. The van der Waals surface area contributed by atoms with Gasteiger partial charge < -0.3 is 5.11 Å². The molecule has 172 valence electrons. The van der Waals surface area contributed by atoms with E-state index in [1.165, 1.54) is 60.8 Å². The van der Waals surface area contributed by atoms with Gasteiger partial charge in [0.05, 0.1) is 5.92 Å². The highest BCUT2D eigenvalue weighted by Gasteiger charge is 2.49. The molecular formula is C27H29FN2O2S. The lowest BCUT2D eigenvalue weighted by atomic mass is 9.98. The first kappa shape index (κ1) is 21.3. The largest absolute Gasteiger partial charge is 0.481 e. The molecule has 3 aromatic rings. The summed E-state index contributed by atoms with van der Waals surface area (Å²) in [6, 6.07) is 14.4. The van der Waals surface area contributed by atoms with Crippen LogP contribution < -0.4 is 0 Å². The van der Waals surface area contributed by atoms with E-state index < -0.39 is 5.97 Å². The first-order valence-electron chi connectivity index (χ1n) is 12.0. The number of rotatable bonds is 6. The number of carbonyl (C=O) groups is 1. The van der Waals surface area contributed by atoms with Gasteiger partial charge >= 0.3 is 5.97 Å². The molecule has 3 aliphatic rings. The summed E-state index contributed by atoms with van der Waals surface area (Å²) in [5.74, 6) is -1.24. The van der Waals surface area contributed by atoms with Crippen LogP contribution in [0.15, 0.2) is 42.5 Å². The molecule has 1 aromatic heterocycles. The molecule has 0 unspecified atom stereocenters. The third kappa shape index (κ3) is 3.88. The van der Waals surface area contributed by atoms with Crippen molar-refractivity contribution in [1.82, 2.24) is 9.80 Å². The molecule has 0 atom stereocenters. The van der Waals surface area contributed by atoms with Crippen molar-refractivity contribution in [2.45, 2.75) is 44.2 Å². The molecule has 33 heavy (non-hydrogen) atoms. The topological polar surface area (TPSA) is 43.8 Å². The van der Waals surface area contributed by atoms with Crippen molar-refractivity contribution in [3.05, 3.63) is 59.4 Å². The van der Waals surface area contributed by atoms with Crippen LogP contribution in [0.25, 0.3) is 20.5 Å². The Balaban J connectivity index is 1.22. The van der Waals surface area contributed by atoms with Crippen molar-refractivity contribution in [2.75, 3.05) is 26.2 Å². The standard InChI is InChI=1S/C27H29FN2O2S/c28-23-12-18(15-29-16-20(17-29)26(31)32)4-6-22(23)25-14-19-13-21(5-7-24(19)33-25)27(8-9-27)30-10-2-1-3-11-30/h4-7,12-14,20H,1-3,8-11,15-17H2,(H,31,32). The van der Waals surface area contributed by atoms with Crippen LogP contribution >= 0.6 is 11.3 Å². The minimum absolute atomic E-state index is 0.207. The number of hydrogen-bond donors (Lipinski definition) is 1.